The minimum Gasteiger partial charge on any atom is -0.397 e. The van der Waals surface area contributed by atoms with Crippen LogP contribution < -0.4 is 5.73 Å². The van der Waals surface area contributed by atoms with E-state index in [2.05, 4.69) is 22.6 Å². The lowest BCUT2D eigenvalue weighted by atomic mass is 10.2. The predicted molar refractivity (Wildman–Crippen MR) is 64.5 cm³/mol. The third-order valence-corrected chi connectivity index (χ3v) is 2.34. The number of thiol groups is 1. The first-order valence-corrected chi connectivity index (χ1v) is 5.02. The van der Waals surface area contributed by atoms with Crippen LogP contribution in [0.3, 0.4) is 0 Å². The zero-order chi connectivity index (χ0) is 11.5. The van der Waals surface area contributed by atoms with Gasteiger partial charge >= 0.3 is 0 Å². The number of aldehydes is 1. The highest BCUT2D eigenvalue weighted by Crippen LogP contribution is 2.18. The molecule has 0 radical (unpaired) electrons. The molecule has 0 unspecified atom stereocenters. The lowest BCUT2D eigenvalue weighted by Crippen LogP contribution is -1.98. The number of hydrogen-bond donors (Lipinski definition) is 2. The molecule has 0 bridgehead atoms. The van der Waals surface area contributed by atoms with Gasteiger partial charge in [0.1, 0.15) is 5.69 Å². The fourth-order valence-corrected chi connectivity index (χ4v) is 1.39. The van der Waals surface area contributed by atoms with Crippen LogP contribution in [0.1, 0.15) is 10.5 Å². The highest BCUT2D eigenvalue weighted by molar-refractivity contribution is 7.80. The first-order chi connectivity index (χ1) is 7.70. The molecule has 2 N–H and O–H groups in total. The Morgan fingerprint density at radius 3 is 2.56 bits per heavy atom. The largest absolute Gasteiger partial charge is 0.397 e. The average molecular weight is 231 g/mol. The fourth-order valence-electron chi connectivity index (χ4n) is 1.26. The maximum atomic E-state index is 10.7. The van der Waals surface area contributed by atoms with Gasteiger partial charge in [-0.15, -0.1) is 12.6 Å². The van der Waals surface area contributed by atoms with Crippen LogP contribution in [-0.2, 0) is 0 Å². The molecule has 0 aliphatic heterocycles. The summed E-state index contributed by atoms with van der Waals surface area (Å²) in [7, 11) is 0. The molecular formula is C11H9N3OS. The van der Waals surface area contributed by atoms with Crippen LogP contribution in [0, 0.1) is 0 Å². The van der Waals surface area contributed by atoms with E-state index >= 15 is 0 Å². The zero-order valence-electron chi connectivity index (χ0n) is 8.29. The lowest BCUT2D eigenvalue weighted by Gasteiger charge is -2.02. The highest BCUT2D eigenvalue weighted by Gasteiger charge is 2.04. The Labute approximate surface area is 97.9 Å². The van der Waals surface area contributed by atoms with Gasteiger partial charge in [-0.05, 0) is 24.3 Å². The summed E-state index contributed by atoms with van der Waals surface area (Å²) in [4.78, 5) is 19.7. The SMILES string of the molecule is Nc1ccc(-c2ccc(S)cn2)nc1C=O. The van der Waals surface area contributed by atoms with Crippen molar-refractivity contribution in [3.63, 3.8) is 0 Å². The molecule has 0 saturated heterocycles. The lowest BCUT2D eigenvalue weighted by molar-refractivity contribution is 0.112. The van der Waals surface area contributed by atoms with Crippen LogP contribution in [-0.4, -0.2) is 16.3 Å². The summed E-state index contributed by atoms with van der Waals surface area (Å²) < 4.78 is 0. The van der Waals surface area contributed by atoms with E-state index in [-0.39, 0.29) is 5.69 Å². The number of carbonyl (C=O) groups is 1. The van der Waals surface area contributed by atoms with Gasteiger partial charge in [0.15, 0.2) is 6.29 Å². The monoisotopic (exact) mass is 231 g/mol. The van der Waals surface area contributed by atoms with Gasteiger partial charge in [-0.2, -0.15) is 0 Å². The summed E-state index contributed by atoms with van der Waals surface area (Å²) in [6, 6.07) is 6.96. The molecule has 2 aromatic heterocycles. The van der Waals surface area contributed by atoms with Crippen molar-refractivity contribution in [1.82, 2.24) is 9.97 Å². The molecule has 16 heavy (non-hydrogen) atoms. The van der Waals surface area contributed by atoms with Crippen LogP contribution >= 0.6 is 12.6 Å². The predicted octanol–water partition coefficient (Wildman–Crippen LogP) is 1.83. The number of nitrogen functional groups attached to an aromatic ring is 1. The van der Waals surface area contributed by atoms with Gasteiger partial charge in [-0.3, -0.25) is 9.78 Å². The van der Waals surface area contributed by atoms with Gasteiger partial charge in [-0.25, -0.2) is 4.98 Å². The third-order valence-electron chi connectivity index (χ3n) is 2.08. The third kappa shape index (κ3) is 2.04. The summed E-state index contributed by atoms with van der Waals surface area (Å²) in [6.45, 7) is 0. The van der Waals surface area contributed by atoms with E-state index in [0.29, 0.717) is 23.4 Å². The van der Waals surface area contributed by atoms with Crippen molar-refractivity contribution in [2.24, 2.45) is 0 Å². The van der Waals surface area contributed by atoms with E-state index in [1.807, 2.05) is 6.07 Å². The molecule has 0 aromatic carbocycles. The summed E-state index contributed by atoms with van der Waals surface area (Å²) in [5, 5.41) is 0. The van der Waals surface area contributed by atoms with Crippen LogP contribution in [0.5, 0.6) is 0 Å². The second-order valence-corrected chi connectivity index (χ2v) is 3.71. The molecule has 2 heterocycles. The van der Waals surface area contributed by atoms with Crippen LogP contribution in [0.2, 0.25) is 0 Å². The molecule has 2 rings (SSSR count). The Morgan fingerprint density at radius 1 is 1.19 bits per heavy atom. The number of aromatic nitrogens is 2. The van der Waals surface area contributed by atoms with Crippen molar-refractivity contribution < 1.29 is 4.79 Å². The van der Waals surface area contributed by atoms with Crippen molar-refractivity contribution in [3.05, 3.63) is 36.2 Å². The van der Waals surface area contributed by atoms with Crippen molar-refractivity contribution in [2.75, 3.05) is 5.73 Å². The Bertz CT molecular complexity index is 525. The number of anilines is 1. The molecule has 80 valence electrons. The highest BCUT2D eigenvalue weighted by atomic mass is 32.1. The van der Waals surface area contributed by atoms with Crippen LogP contribution in [0.15, 0.2) is 35.4 Å². The summed E-state index contributed by atoms with van der Waals surface area (Å²) in [5.74, 6) is 0. The van der Waals surface area contributed by atoms with Gasteiger partial charge in [-0.1, -0.05) is 0 Å². The Morgan fingerprint density at radius 2 is 1.94 bits per heavy atom. The van der Waals surface area contributed by atoms with E-state index in [4.69, 9.17) is 5.73 Å². The van der Waals surface area contributed by atoms with Crippen LogP contribution in [0.25, 0.3) is 11.4 Å². The molecule has 0 atom stereocenters. The first-order valence-electron chi connectivity index (χ1n) is 4.58. The normalized spacial score (nSPS) is 10.1. The minimum absolute atomic E-state index is 0.231. The van der Waals surface area contributed by atoms with Crippen molar-refractivity contribution in [1.29, 1.82) is 0 Å². The molecule has 0 amide bonds. The zero-order valence-corrected chi connectivity index (χ0v) is 9.19. The molecule has 4 nitrogen and oxygen atoms in total. The van der Waals surface area contributed by atoms with Crippen molar-refractivity contribution >= 4 is 24.6 Å². The van der Waals surface area contributed by atoms with E-state index in [1.54, 1.807) is 24.4 Å². The van der Waals surface area contributed by atoms with Gasteiger partial charge < -0.3 is 5.73 Å². The summed E-state index contributed by atoms with van der Waals surface area (Å²) in [5.41, 5.74) is 7.47. The number of pyridine rings is 2. The van der Waals surface area contributed by atoms with Gasteiger partial charge in [0, 0.05) is 11.1 Å². The van der Waals surface area contributed by atoms with Gasteiger partial charge in [0.05, 0.1) is 17.1 Å². The van der Waals surface area contributed by atoms with Crippen molar-refractivity contribution in [3.8, 4) is 11.4 Å². The van der Waals surface area contributed by atoms with E-state index in [0.717, 1.165) is 4.90 Å². The van der Waals surface area contributed by atoms with Gasteiger partial charge in [0.2, 0.25) is 0 Å². The number of rotatable bonds is 2. The summed E-state index contributed by atoms with van der Waals surface area (Å²) >= 11 is 4.14. The van der Waals surface area contributed by atoms with E-state index in [1.165, 1.54) is 0 Å². The van der Waals surface area contributed by atoms with Gasteiger partial charge in [0.25, 0.3) is 0 Å². The molecule has 0 spiro atoms. The van der Waals surface area contributed by atoms with Crippen molar-refractivity contribution in [2.45, 2.75) is 4.90 Å². The molecule has 0 saturated carbocycles. The molecule has 5 heteroatoms. The number of hydrogen-bond acceptors (Lipinski definition) is 5. The molecular weight excluding hydrogens is 222 g/mol. The van der Waals surface area contributed by atoms with E-state index in [9.17, 15) is 4.79 Å². The molecule has 0 fully saturated rings. The maximum Gasteiger partial charge on any atom is 0.170 e. The van der Waals surface area contributed by atoms with E-state index < -0.39 is 0 Å². The Kier molecular flexibility index (Phi) is 2.87. The fraction of sp³-hybridized carbons (Fsp3) is 0. The molecule has 0 aliphatic rings. The standard InChI is InChI=1S/C11H9N3OS/c12-8-2-4-10(14-11(8)6-15)9-3-1-7(16)5-13-9/h1-6,16H,12H2. The molecule has 0 aliphatic carbocycles. The Balaban J connectivity index is 2.48. The number of nitrogens with zero attached hydrogens (tertiary/aromatic N) is 2. The second kappa shape index (κ2) is 4.32. The topological polar surface area (TPSA) is 68.9 Å². The maximum absolute atomic E-state index is 10.7. The Hall–Kier alpha value is -1.88. The second-order valence-electron chi connectivity index (χ2n) is 3.19. The van der Waals surface area contributed by atoms with Crippen LogP contribution in [0.4, 0.5) is 5.69 Å². The summed E-state index contributed by atoms with van der Waals surface area (Å²) in [6.07, 6.45) is 2.25. The average Bonchev–Trinajstić information content (AvgIpc) is 2.31. The molecule has 2 aromatic rings. The smallest absolute Gasteiger partial charge is 0.170 e. The number of carbonyl (C=O) groups excluding carboxylic acids is 1. The quantitative estimate of drug-likeness (QED) is 0.611. The first kappa shape index (κ1) is 10.6. The number of nitrogens with two attached hydrogens (primary N) is 1. The minimum atomic E-state index is 0.231.